The predicted molar refractivity (Wildman–Crippen MR) is 93.4 cm³/mol. The Labute approximate surface area is 142 Å². The van der Waals surface area contributed by atoms with Crippen molar-refractivity contribution in [3.05, 3.63) is 71.8 Å². The van der Waals surface area contributed by atoms with Gasteiger partial charge in [-0.1, -0.05) is 60.7 Å². The summed E-state index contributed by atoms with van der Waals surface area (Å²) in [5.41, 5.74) is 1.77. The second-order valence-electron chi connectivity index (χ2n) is 5.44. The number of hydrogen-bond donors (Lipinski definition) is 0. The molecule has 0 saturated carbocycles. The quantitative estimate of drug-likeness (QED) is 0.506. The number of rotatable bonds is 9. The molecule has 0 radical (unpaired) electrons. The molecule has 0 aliphatic carbocycles. The van der Waals surface area contributed by atoms with Crippen molar-refractivity contribution in [1.82, 2.24) is 4.67 Å². The molecule has 5 nitrogen and oxygen atoms in total. The van der Waals surface area contributed by atoms with Crippen molar-refractivity contribution in [3.8, 4) is 0 Å². The van der Waals surface area contributed by atoms with Gasteiger partial charge in [-0.3, -0.25) is 9.05 Å². The van der Waals surface area contributed by atoms with Gasteiger partial charge in [-0.25, -0.2) is 9.24 Å². The van der Waals surface area contributed by atoms with E-state index in [1.807, 2.05) is 60.7 Å². The molecule has 128 valence electrons. The molecule has 0 heterocycles. The summed E-state index contributed by atoms with van der Waals surface area (Å²) < 4.78 is 25.8. The lowest BCUT2D eigenvalue weighted by Crippen LogP contribution is -2.29. The largest absolute Gasteiger partial charge is 0.409 e. The Hall–Kier alpha value is -1.78. The third kappa shape index (κ3) is 5.11. The predicted octanol–water partition coefficient (Wildman–Crippen LogP) is 4.05. The minimum absolute atomic E-state index is 0.142. The normalized spacial score (nSPS) is 13.0. The van der Waals surface area contributed by atoms with E-state index in [0.717, 1.165) is 11.1 Å². The Bertz CT molecular complexity index is 630. The highest BCUT2D eigenvalue weighted by molar-refractivity contribution is 7.51. The summed E-state index contributed by atoms with van der Waals surface area (Å²) >= 11 is 0. The van der Waals surface area contributed by atoms with Crippen LogP contribution in [0.25, 0.3) is 0 Å². The van der Waals surface area contributed by atoms with E-state index in [9.17, 15) is 9.36 Å². The molecule has 0 aliphatic rings. The molecule has 0 amide bonds. The van der Waals surface area contributed by atoms with Crippen molar-refractivity contribution in [2.75, 3.05) is 7.05 Å². The summed E-state index contributed by atoms with van der Waals surface area (Å²) in [4.78, 5) is 11.1. The summed E-state index contributed by atoms with van der Waals surface area (Å²) in [6, 6.07) is 18.3. The fourth-order valence-corrected chi connectivity index (χ4v) is 3.56. The van der Waals surface area contributed by atoms with E-state index < -0.39 is 13.8 Å². The molecule has 0 bridgehead atoms. The van der Waals surface area contributed by atoms with Gasteiger partial charge in [-0.2, -0.15) is 0 Å². The van der Waals surface area contributed by atoms with Crippen molar-refractivity contribution in [2.24, 2.45) is 0 Å². The maximum atomic E-state index is 13.2. The minimum Gasteiger partial charge on any atom is -0.302 e. The number of benzene rings is 2. The lowest BCUT2D eigenvalue weighted by molar-refractivity contribution is -0.110. The first-order valence-electron chi connectivity index (χ1n) is 7.71. The summed E-state index contributed by atoms with van der Waals surface area (Å²) in [6.45, 7) is 1.93. The fraction of sp³-hybridized carbons (Fsp3) is 0.278. The lowest BCUT2D eigenvalue weighted by atomic mass is 10.2. The molecule has 0 spiro atoms. The van der Waals surface area contributed by atoms with Crippen LogP contribution in [0.5, 0.6) is 0 Å². The first kappa shape index (κ1) is 18.6. The van der Waals surface area contributed by atoms with Crippen LogP contribution in [0.4, 0.5) is 0 Å². The Morgan fingerprint density at radius 1 is 0.958 bits per heavy atom. The number of hydrogen-bond acceptors (Lipinski definition) is 4. The molecule has 0 aliphatic heterocycles. The van der Waals surface area contributed by atoms with Crippen LogP contribution in [0.2, 0.25) is 0 Å². The molecule has 0 saturated heterocycles. The van der Waals surface area contributed by atoms with Gasteiger partial charge in [0.25, 0.3) is 0 Å². The number of carbonyl (C=O) groups excluding carboxylic acids is 1. The van der Waals surface area contributed by atoms with Crippen LogP contribution in [0.1, 0.15) is 18.1 Å². The van der Waals surface area contributed by atoms with Crippen molar-refractivity contribution >= 4 is 14.0 Å². The highest BCUT2D eigenvalue weighted by atomic mass is 31.2. The topological polar surface area (TPSA) is 55.8 Å². The maximum absolute atomic E-state index is 13.2. The number of aldehydes is 1. The van der Waals surface area contributed by atoms with Gasteiger partial charge < -0.3 is 4.79 Å². The lowest BCUT2D eigenvalue weighted by Gasteiger charge is -2.29. The molecule has 0 N–H and O–H groups in total. The minimum atomic E-state index is -3.61. The van der Waals surface area contributed by atoms with Crippen molar-refractivity contribution in [3.63, 3.8) is 0 Å². The standard InChI is InChI=1S/C18H22NO4P/c1-16(13-20)19(2)24(21,22-14-17-9-5-3-6-10-17)23-15-18-11-7-4-8-12-18/h3-13,16H,14-15H2,1-2H3/t16-/m0/s1. The number of likely N-dealkylation sites (N-methyl/N-ethyl adjacent to an activating group) is 1. The second-order valence-corrected chi connectivity index (χ2v) is 7.52. The zero-order valence-electron chi connectivity index (χ0n) is 13.9. The van der Waals surface area contributed by atoms with Gasteiger partial charge in [0, 0.05) is 0 Å². The number of nitrogens with zero attached hydrogens (tertiary/aromatic N) is 1. The van der Waals surface area contributed by atoms with Crippen LogP contribution in [0.15, 0.2) is 60.7 Å². The molecule has 24 heavy (non-hydrogen) atoms. The van der Waals surface area contributed by atoms with Crippen LogP contribution in [-0.2, 0) is 31.6 Å². The molecule has 6 heteroatoms. The molecule has 1 atom stereocenters. The highest BCUT2D eigenvalue weighted by Gasteiger charge is 2.34. The first-order valence-corrected chi connectivity index (χ1v) is 9.20. The number of carbonyl (C=O) groups is 1. The summed E-state index contributed by atoms with van der Waals surface area (Å²) in [5, 5.41) is 0. The first-order chi connectivity index (χ1) is 11.5. The summed E-state index contributed by atoms with van der Waals surface area (Å²) in [6.07, 6.45) is 0.713. The third-order valence-electron chi connectivity index (χ3n) is 3.65. The van der Waals surface area contributed by atoms with E-state index in [0.29, 0.717) is 6.29 Å². The summed E-state index contributed by atoms with van der Waals surface area (Å²) in [5.74, 6) is 0. The third-order valence-corrected chi connectivity index (χ3v) is 5.69. The zero-order valence-corrected chi connectivity index (χ0v) is 14.8. The van der Waals surface area contributed by atoms with Crippen LogP contribution >= 0.6 is 7.75 Å². The van der Waals surface area contributed by atoms with Crippen molar-refractivity contribution in [2.45, 2.75) is 26.2 Å². The molecule has 2 aromatic rings. The van der Waals surface area contributed by atoms with Gasteiger partial charge >= 0.3 is 7.75 Å². The zero-order chi connectivity index (χ0) is 17.4. The maximum Gasteiger partial charge on any atom is 0.409 e. The van der Waals surface area contributed by atoms with E-state index >= 15 is 0 Å². The van der Waals surface area contributed by atoms with Gasteiger partial charge in [-0.15, -0.1) is 0 Å². The van der Waals surface area contributed by atoms with Crippen LogP contribution in [0.3, 0.4) is 0 Å². The Kier molecular flexibility index (Phi) is 6.88. The van der Waals surface area contributed by atoms with Crippen molar-refractivity contribution in [1.29, 1.82) is 0 Å². The van der Waals surface area contributed by atoms with E-state index in [1.165, 1.54) is 4.67 Å². The van der Waals surface area contributed by atoms with Crippen LogP contribution < -0.4 is 0 Å². The van der Waals surface area contributed by atoms with Crippen LogP contribution in [0, 0.1) is 0 Å². The van der Waals surface area contributed by atoms with E-state index in [-0.39, 0.29) is 13.2 Å². The second kappa shape index (κ2) is 8.90. The van der Waals surface area contributed by atoms with Gasteiger partial charge in [-0.05, 0) is 25.1 Å². The molecule has 0 unspecified atom stereocenters. The van der Waals surface area contributed by atoms with Gasteiger partial charge in [0.15, 0.2) is 0 Å². The molecular formula is C18H22NO4P. The molecule has 0 fully saturated rings. The van der Waals surface area contributed by atoms with E-state index in [4.69, 9.17) is 9.05 Å². The fourth-order valence-electron chi connectivity index (χ4n) is 1.99. The monoisotopic (exact) mass is 347 g/mol. The van der Waals surface area contributed by atoms with E-state index in [1.54, 1.807) is 14.0 Å². The highest BCUT2D eigenvalue weighted by Crippen LogP contribution is 2.53. The Morgan fingerprint density at radius 3 is 1.75 bits per heavy atom. The Balaban J connectivity index is 2.11. The average Bonchev–Trinajstić information content (AvgIpc) is 2.65. The van der Waals surface area contributed by atoms with E-state index in [2.05, 4.69) is 0 Å². The summed E-state index contributed by atoms with van der Waals surface area (Å²) in [7, 11) is -2.05. The van der Waals surface area contributed by atoms with Crippen molar-refractivity contribution < 1.29 is 18.4 Å². The SMILES string of the molecule is C[C@@H](C=O)N(C)P(=O)(OCc1ccccc1)OCc1ccccc1. The molecule has 0 aromatic heterocycles. The molecule has 2 rings (SSSR count). The van der Waals surface area contributed by atoms with Gasteiger partial charge in [0.2, 0.25) is 0 Å². The molecular weight excluding hydrogens is 325 g/mol. The van der Waals surface area contributed by atoms with Gasteiger partial charge in [0.1, 0.15) is 6.29 Å². The Morgan fingerprint density at radius 2 is 1.38 bits per heavy atom. The van der Waals surface area contributed by atoms with Crippen LogP contribution in [-0.4, -0.2) is 24.0 Å². The van der Waals surface area contributed by atoms with Gasteiger partial charge in [0.05, 0.1) is 19.3 Å². The smallest absolute Gasteiger partial charge is 0.302 e. The molecule has 2 aromatic carbocycles. The average molecular weight is 347 g/mol.